The van der Waals surface area contributed by atoms with E-state index in [9.17, 15) is 14.7 Å². The fourth-order valence-corrected chi connectivity index (χ4v) is 4.34. The van der Waals surface area contributed by atoms with Crippen molar-refractivity contribution in [3.05, 3.63) is 0 Å². The Hall–Kier alpha value is -1.26. The molecule has 0 radical (unpaired) electrons. The average molecular weight is 280 g/mol. The van der Waals surface area contributed by atoms with Gasteiger partial charge in [0.05, 0.1) is 0 Å². The van der Waals surface area contributed by atoms with Gasteiger partial charge < -0.3 is 15.3 Å². The lowest BCUT2D eigenvalue weighted by Crippen LogP contribution is -2.50. The Morgan fingerprint density at radius 1 is 1.00 bits per heavy atom. The van der Waals surface area contributed by atoms with Crippen molar-refractivity contribution in [2.75, 3.05) is 6.54 Å². The van der Waals surface area contributed by atoms with Gasteiger partial charge in [0.1, 0.15) is 6.04 Å². The Morgan fingerprint density at radius 2 is 1.75 bits per heavy atom. The van der Waals surface area contributed by atoms with E-state index in [-0.39, 0.29) is 18.0 Å². The van der Waals surface area contributed by atoms with Gasteiger partial charge >= 0.3 is 12.0 Å². The second-order valence-electron chi connectivity index (χ2n) is 6.57. The Bertz CT molecular complexity index is 393. The van der Waals surface area contributed by atoms with Crippen LogP contribution in [-0.4, -0.2) is 40.6 Å². The number of carbonyl (C=O) groups excluding carboxylic acids is 1. The number of carboxylic acid groups (broad SMARTS) is 1. The maximum Gasteiger partial charge on any atom is 0.326 e. The summed E-state index contributed by atoms with van der Waals surface area (Å²) in [6, 6.07) is -0.518. The Morgan fingerprint density at radius 3 is 2.45 bits per heavy atom. The lowest BCUT2D eigenvalue weighted by molar-refractivity contribution is -0.142. The highest BCUT2D eigenvalue weighted by molar-refractivity contribution is 5.84. The molecule has 112 valence electrons. The zero-order chi connectivity index (χ0) is 14.1. The summed E-state index contributed by atoms with van der Waals surface area (Å²) < 4.78 is 0. The molecule has 2 N–H and O–H groups in total. The summed E-state index contributed by atoms with van der Waals surface area (Å²) >= 11 is 0. The van der Waals surface area contributed by atoms with Crippen LogP contribution in [0.5, 0.6) is 0 Å². The predicted octanol–water partition coefficient (Wildman–Crippen LogP) is 2.21. The zero-order valence-electron chi connectivity index (χ0n) is 11.9. The van der Waals surface area contributed by atoms with E-state index < -0.39 is 12.0 Å². The van der Waals surface area contributed by atoms with Crippen molar-refractivity contribution in [1.82, 2.24) is 10.2 Å². The number of aliphatic carboxylic acids is 1. The smallest absolute Gasteiger partial charge is 0.326 e. The Balaban J connectivity index is 1.65. The highest BCUT2D eigenvalue weighted by Crippen LogP contribution is 2.42. The van der Waals surface area contributed by atoms with Crippen molar-refractivity contribution in [3.8, 4) is 0 Å². The van der Waals surface area contributed by atoms with Gasteiger partial charge in [-0.1, -0.05) is 25.7 Å². The topological polar surface area (TPSA) is 69.6 Å². The Kier molecular flexibility index (Phi) is 3.85. The molecular formula is C15H24N2O3. The first-order chi connectivity index (χ1) is 9.66. The molecule has 0 aromatic heterocycles. The van der Waals surface area contributed by atoms with Crippen LogP contribution in [0, 0.1) is 11.8 Å². The van der Waals surface area contributed by atoms with Crippen LogP contribution in [0.25, 0.3) is 0 Å². The van der Waals surface area contributed by atoms with Crippen molar-refractivity contribution in [3.63, 3.8) is 0 Å². The number of urea groups is 1. The molecule has 3 fully saturated rings. The van der Waals surface area contributed by atoms with E-state index in [1.165, 1.54) is 19.3 Å². The first-order valence-electron chi connectivity index (χ1n) is 7.97. The van der Waals surface area contributed by atoms with E-state index in [0.717, 1.165) is 32.1 Å². The van der Waals surface area contributed by atoms with Gasteiger partial charge in [0.2, 0.25) is 0 Å². The van der Waals surface area contributed by atoms with Crippen molar-refractivity contribution < 1.29 is 14.7 Å². The molecule has 1 heterocycles. The van der Waals surface area contributed by atoms with Crippen LogP contribution in [0.15, 0.2) is 0 Å². The van der Waals surface area contributed by atoms with Crippen molar-refractivity contribution >= 4 is 12.0 Å². The van der Waals surface area contributed by atoms with Gasteiger partial charge in [-0.2, -0.15) is 0 Å². The van der Waals surface area contributed by atoms with E-state index in [1.54, 1.807) is 4.90 Å². The normalized spacial score (nSPS) is 34.0. The number of hydrogen-bond donors (Lipinski definition) is 2. The average Bonchev–Trinajstić information content (AvgIpc) is 2.98. The number of fused-ring (bicyclic) bond motifs is 1. The van der Waals surface area contributed by atoms with Gasteiger partial charge in [0.25, 0.3) is 0 Å². The van der Waals surface area contributed by atoms with Crippen LogP contribution >= 0.6 is 0 Å². The number of hydrogen-bond acceptors (Lipinski definition) is 2. The fourth-order valence-electron chi connectivity index (χ4n) is 4.34. The molecule has 20 heavy (non-hydrogen) atoms. The Labute approximate surface area is 119 Å². The summed E-state index contributed by atoms with van der Waals surface area (Å²) in [4.78, 5) is 25.5. The van der Waals surface area contributed by atoms with Gasteiger partial charge in [0, 0.05) is 12.6 Å². The summed E-state index contributed by atoms with van der Waals surface area (Å²) in [6.45, 7) is 0.625. The third kappa shape index (κ3) is 2.50. The molecule has 1 aliphatic heterocycles. The molecule has 1 saturated heterocycles. The minimum atomic E-state index is -0.835. The van der Waals surface area contributed by atoms with Gasteiger partial charge in [-0.3, -0.25) is 0 Å². The van der Waals surface area contributed by atoms with Crippen LogP contribution in [0.1, 0.15) is 51.4 Å². The molecule has 3 atom stereocenters. The van der Waals surface area contributed by atoms with Crippen LogP contribution in [0.4, 0.5) is 4.79 Å². The van der Waals surface area contributed by atoms with Crippen molar-refractivity contribution in [2.24, 2.45) is 11.8 Å². The van der Waals surface area contributed by atoms with E-state index in [1.807, 2.05) is 0 Å². The monoisotopic (exact) mass is 280 g/mol. The molecule has 5 nitrogen and oxygen atoms in total. The number of likely N-dealkylation sites (tertiary alicyclic amines) is 1. The summed E-state index contributed by atoms with van der Waals surface area (Å²) in [5, 5.41) is 12.5. The molecule has 5 heteroatoms. The SMILES string of the molecule is O=C(O)C1C2CCCC2CN1C(=O)NC1CCCCC1. The van der Waals surface area contributed by atoms with Crippen LogP contribution < -0.4 is 5.32 Å². The summed E-state index contributed by atoms with van der Waals surface area (Å²) in [5.74, 6) is -0.268. The third-order valence-electron chi connectivity index (χ3n) is 5.34. The second kappa shape index (κ2) is 5.62. The van der Waals surface area contributed by atoms with Gasteiger partial charge in [-0.15, -0.1) is 0 Å². The highest BCUT2D eigenvalue weighted by atomic mass is 16.4. The van der Waals surface area contributed by atoms with E-state index in [4.69, 9.17) is 0 Å². The highest BCUT2D eigenvalue weighted by Gasteiger charge is 2.49. The predicted molar refractivity (Wildman–Crippen MR) is 74.4 cm³/mol. The third-order valence-corrected chi connectivity index (χ3v) is 5.34. The van der Waals surface area contributed by atoms with Gasteiger partial charge in [-0.05, 0) is 37.5 Å². The van der Waals surface area contributed by atoms with E-state index in [0.29, 0.717) is 12.5 Å². The largest absolute Gasteiger partial charge is 0.480 e. The van der Waals surface area contributed by atoms with Crippen molar-refractivity contribution in [2.45, 2.75) is 63.5 Å². The number of nitrogens with one attached hydrogen (secondary N) is 1. The number of carbonyl (C=O) groups is 2. The van der Waals surface area contributed by atoms with E-state index >= 15 is 0 Å². The molecule has 0 aromatic rings. The summed E-state index contributed by atoms with van der Waals surface area (Å²) in [7, 11) is 0. The first kappa shape index (κ1) is 13.7. The molecule has 2 aliphatic carbocycles. The zero-order valence-corrected chi connectivity index (χ0v) is 11.9. The number of rotatable bonds is 2. The van der Waals surface area contributed by atoms with Gasteiger partial charge in [-0.25, -0.2) is 9.59 Å². The molecule has 3 aliphatic rings. The summed E-state index contributed by atoms with van der Waals surface area (Å²) in [5.41, 5.74) is 0. The lowest BCUT2D eigenvalue weighted by Gasteiger charge is -2.29. The van der Waals surface area contributed by atoms with Gasteiger partial charge in [0.15, 0.2) is 0 Å². The molecular weight excluding hydrogens is 256 g/mol. The molecule has 0 aromatic carbocycles. The minimum Gasteiger partial charge on any atom is -0.480 e. The van der Waals surface area contributed by atoms with Crippen LogP contribution in [-0.2, 0) is 4.79 Å². The number of nitrogens with zero attached hydrogens (tertiary/aromatic N) is 1. The molecule has 3 rings (SSSR count). The number of carboxylic acids is 1. The first-order valence-corrected chi connectivity index (χ1v) is 7.97. The molecule has 2 saturated carbocycles. The summed E-state index contributed by atoms with van der Waals surface area (Å²) in [6.07, 6.45) is 8.77. The molecule has 0 bridgehead atoms. The molecule has 0 spiro atoms. The second-order valence-corrected chi connectivity index (χ2v) is 6.57. The van der Waals surface area contributed by atoms with Crippen LogP contribution in [0.3, 0.4) is 0 Å². The standard InChI is InChI=1S/C15H24N2O3/c18-14(19)13-12-8-4-5-10(12)9-17(13)15(20)16-11-6-2-1-3-7-11/h10-13H,1-9H2,(H,16,20)(H,18,19). The maximum atomic E-state index is 12.4. The van der Waals surface area contributed by atoms with Crippen molar-refractivity contribution in [1.29, 1.82) is 0 Å². The fraction of sp³-hybridized carbons (Fsp3) is 0.867. The van der Waals surface area contributed by atoms with E-state index in [2.05, 4.69) is 5.32 Å². The van der Waals surface area contributed by atoms with Crippen LogP contribution in [0.2, 0.25) is 0 Å². The minimum absolute atomic E-state index is 0.154. The maximum absolute atomic E-state index is 12.4. The molecule has 2 amide bonds. The number of amides is 2. The lowest BCUT2D eigenvalue weighted by atomic mass is 9.94. The quantitative estimate of drug-likeness (QED) is 0.815. The molecule has 3 unspecified atom stereocenters.